The Morgan fingerprint density at radius 3 is 2.65 bits per heavy atom. The van der Waals surface area contributed by atoms with Crippen LogP contribution in [-0.4, -0.2) is 10.1 Å². The molecule has 0 fully saturated rings. The van der Waals surface area contributed by atoms with Crippen molar-refractivity contribution in [3.05, 3.63) is 36.2 Å². The smallest absolute Gasteiger partial charge is 0.244 e. The lowest BCUT2D eigenvalue weighted by Crippen LogP contribution is -2.26. The highest BCUT2D eigenvalue weighted by molar-refractivity contribution is 5.81. The van der Waals surface area contributed by atoms with Crippen molar-refractivity contribution in [2.45, 2.75) is 26.8 Å². The number of benzene rings is 1. The fourth-order valence-corrected chi connectivity index (χ4v) is 1.92. The van der Waals surface area contributed by atoms with Crippen LogP contribution in [0.2, 0.25) is 0 Å². The number of fused-ring (bicyclic) bond motifs is 1. The Labute approximate surface area is 116 Å². The van der Waals surface area contributed by atoms with Crippen LogP contribution < -0.4 is 5.73 Å². The highest BCUT2D eigenvalue weighted by Gasteiger charge is 2.28. The largest absolute Gasteiger partial charge is 0.453 e. The van der Waals surface area contributed by atoms with Gasteiger partial charge in [-0.1, -0.05) is 44.1 Å². The quantitative estimate of drug-likeness (QED) is 0.771. The molecule has 3 aromatic rings. The molecule has 0 aliphatic heterocycles. The van der Waals surface area contributed by atoms with Gasteiger partial charge in [-0.05, 0) is 17.5 Å². The third-order valence-electron chi connectivity index (χ3n) is 3.29. The summed E-state index contributed by atoms with van der Waals surface area (Å²) in [6, 6.07) is 9.34. The lowest BCUT2D eigenvalue weighted by atomic mass is 9.87. The molecule has 0 unspecified atom stereocenters. The highest BCUT2D eigenvalue weighted by Crippen LogP contribution is 2.31. The van der Waals surface area contributed by atoms with E-state index in [2.05, 4.69) is 10.1 Å². The van der Waals surface area contributed by atoms with Crippen molar-refractivity contribution in [2.75, 3.05) is 0 Å². The minimum atomic E-state index is -0.312. The molecule has 5 nitrogen and oxygen atoms in total. The lowest BCUT2D eigenvalue weighted by Gasteiger charge is -2.23. The van der Waals surface area contributed by atoms with Gasteiger partial charge in [0, 0.05) is 5.39 Å². The van der Waals surface area contributed by atoms with Gasteiger partial charge in [-0.15, -0.1) is 0 Å². The van der Waals surface area contributed by atoms with Gasteiger partial charge < -0.3 is 14.7 Å². The second-order valence-corrected chi connectivity index (χ2v) is 5.95. The van der Waals surface area contributed by atoms with Gasteiger partial charge in [0.1, 0.15) is 5.58 Å². The molecule has 0 aliphatic carbocycles. The van der Waals surface area contributed by atoms with Crippen molar-refractivity contribution < 1.29 is 8.94 Å². The molecule has 2 N–H and O–H groups in total. The van der Waals surface area contributed by atoms with Gasteiger partial charge in [-0.3, -0.25) is 0 Å². The molecule has 5 heteroatoms. The molecule has 0 radical (unpaired) electrons. The van der Waals surface area contributed by atoms with E-state index < -0.39 is 0 Å². The maximum Gasteiger partial charge on any atom is 0.244 e. The Balaban J connectivity index is 1.97. The first-order valence-corrected chi connectivity index (χ1v) is 6.53. The Morgan fingerprint density at radius 1 is 1.20 bits per heavy atom. The van der Waals surface area contributed by atoms with Gasteiger partial charge in [-0.25, -0.2) is 0 Å². The van der Waals surface area contributed by atoms with Crippen LogP contribution in [0.4, 0.5) is 0 Å². The van der Waals surface area contributed by atoms with E-state index in [0.29, 0.717) is 17.5 Å². The Hall–Kier alpha value is -2.14. The first-order chi connectivity index (χ1) is 9.45. The van der Waals surface area contributed by atoms with Crippen molar-refractivity contribution in [3.8, 4) is 11.6 Å². The van der Waals surface area contributed by atoms with E-state index in [1.54, 1.807) is 0 Å². The zero-order valence-electron chi connectivity index (χ0n) is 11.8. The van der Waals surface area contributed by atoms with Gasteiger partial charge in [0.2, 0.25) is 11.7 Å². The first-order valence-electron chi connectivity index (χ1n) is 6.53. The average Bonchev–Trinajstić information content (AvgIpc) is 3.03. The second kappa shape index (κ2) is 4.45. The first kappa shape index (κ1) is 12.9. The molecule has 2 heterocycles. The van der Waals surface area contributed by atoms with Gasteiger partial charge >= 0.3 is 0 Å². The number of aromatic nitrogens is 2. The van der Waals surface area contributed by atoms with E-state index in [0.717, 1.165) is 11.0 Å². The number of nitrogens with zero attached hydrogens (tertiary/aromatic N) is 2. The zero-order valence-corrected chi connectivity index (χ0v) is 11.8. The molecule has 0 spiro atoms. The maximum atomic E-state index is 6.11. The zero-order chi connectivity index (χ0) is 14.3. The van der Waals surface area contributed by atoms with Crippen molar-refractivity contribution >= 4 is 11.0 Å². The van der Waals surface area contributed by atoms with Crippen molar-refractivity contribution in [1.29, 1.82) is 0 Å². The van der Waals surface area contributed by atoms with Crippen molar-refractivity contribution in [1.82, 2.24) is 10.1 Å². The van der Waals surface area contributed by atoms with Crippen LogP contribution in [-0.2, 0) is 0 Å². The van der Waals surface area contributed by atoms with E-state index >= 15 is 0 Å². The minimum absolute atomic E-state index is 0.141. The monoisotopic (exact) mass is 271 g/mol. The summed E-state index contributed by atoms with van der Waals surface area (Å²) in [5.74, 6) is 1.44. The summed E-state index contributed by atoms with van der Waals surface area (Å²) >= 11 is 0. The van der Waals surface area contributed by atoms with Gasteiger partial charge in [0.05, 0.1) is 6.04 Å². The number of rotatable bonds is 2. The molecular weight excluding hydrogens is 254 g/mol. The topological polar surface area (TPSA) is 78.1 Å². The molecule has 0 bridgehead atoms. The lowest BCUT2D eigenvalue weighted by molar-refractivity contribution is 0.253. The Morgan fingerprint density at radius 2 is 1.95 bits per heavy atom. The molecular formula is C15H17N3O2. The summed E-state index contributed by atoms with van der Waals surface area (Å²) < 4.78 is 11.0. The average molecular weight is 271 g/mol. The van der Waals surface area contributed by atoms with E-state index in [1.807, 2.05) is 51.1 Å². The second-order valence-electron chi connectivity index (χ2n) is 5.95. The predicted molar refractivity (Wildman–Crippen MR) is 75.9 cm³/mol. The molecule has 2 aromatic heterocycles. The summed E-state index contributed by atoms with van der Waals surface area (Å²) in [5, 5.41) is 4.96. The van der Waals surface area contributed by atoms with E-state index in [4.69, 9.17) is 14.7 Å². The molecule has 0 aliphatic rings. The summed E-state index contributed by atoms with van der Waals surface area (Å²) in [6.45, 7) is 6.09. The number of nitrogens with two attached hydrogens (primary N) is 1. The Kier molecular flexibility index (Phi) is 2.87. The maximum absolute atomic E-state index is 6.11. The van der Waals surface area contributed by atoms with Gasteiger partial charge in [0.15, 0.2) is 5.76 Å². The molecule has 0 saturated carbocycles. The molecule has 1 aromatic carbocycles. The van der Waals surface area contributed by atoms with E-state index in [-0.39, 0.29) is 11.5 Å². The van der Waals surface area contributed by atoms with Gasteiger partial charge in [0.25, 0.3) is 0 Å². The minimum Gasteiger partial charge on any atom is -0.453 e. The van der Waals surface area contributed by atoms with Gasteiger partial charge in [-0.2, -0.15) is 4.98 Å². The molecule has 1 atom stereocenters. The number of furan rings is 1. The van der Waals surface area contributed by atoms with E-state index in [1.165, 1.54) is 0 Å². The van der Waals surface area contributed by atoms with E-state index in [9.17, 15) is 0 Å². The molecule has 20 heavy (non-hydrogen) atoms. The fraction of sp³-hybridized carbons (Fsp3) is 0.333. The molecule has 3 rings (SSSR count). The molecule has 0 amide bonds. The highest BCUT2D eigenvalue weighted by atomic mass is 16.5. The van der Waals surface area contributed by atoms with Crippen LogP contribution in [0.15, 0.2) is 39.3 Å². The third-order valence-corrected chi connectivity index (χ3v) is 3.29. The summed E-state index contributed by atoms with van der Waals surface area (Å²) in [6.07, 6.45) is 0. The predicted octanol–water partition coefficient (Wildman–Crippen LogP) is 3.53. The van der Waals surface area contributed by atoms with Crippen molar-refractivity contribution in [2.24, 2.45) is 11.1 Å². The number of para-hydroxylation sites is 1. The molecule has 104 valence electrons. The normalized spacial score (nSPS) is 13.8. The summed E-state index contributed by atoms with van der Waals surface area (Å²) in [5.41, 5.74) is 6.77. The molecule has 0 saturated heterocycles. The fourth-order valence-electron chi connectivity index (χ4n) is 1.92. The third kappa shape index (κ3) is 2.20. The van der Waals surface area contributed by atoms with Crippen LogP contribution in [0.3, 0.4) is 0 Å². The summed E-state index contributed by atoms with van der Waals surface area (Å²) in [4.78, 5) is 4.35. The number of hydrogen-bond donors (Lipinski definition) is 1. The van der Waals surface area contributed by atoms with Crippen molar-refractivity contribution in [3.63, 3.8) is 0 Å². The summed E-state index contributed by atoms with van der Waals surface area (Å²) in [7, 11) is 0. The van der Waals surface area contributed by atoms with Crippen LogP contribution >= 0.6 is 0 Å². The Bertz CT molecular complexity index is 704. The number of hydrogen-bond acceptors (Lipinski definition) is 5. The van der Waals surface area contributed by atoms with Crippen LogP contribution in [0, 0.1) is 5.41 Å². The van der Waals surface area contributed by atoms with Crippen LogP contribution in [0.1, 0.15) is 32.7 Å². The standard InChI is InChI=1S/C15H17N3O2/c1-15(2,3)12(16)14-17-13(18-20-14)11-8-9-6-4-5-7-10(9)19-11/h4-8,12H,16H2,1-3H3/t12-/m1/s1. The SMILES string of the molecule is CC(C)(C)[C@H](N)c1nc(-c2cc3ccccc3o2)no1. The van der Waals surface area contributed by atoms with Crippen LogP contribution in [0.25, 0.3) is 22.6 Å². The van der Waals surface area contributed by atoms with Crippen LogP contribution in [0.5, 0.6) is 0 Å².